The molecule has 1 aromatic carbocycles. The first kappa shape index (κ1) is 24.4. The van der Waals surface area contributed by atoms with E-state index in [9.17, 15) is 19.2 Å². The van der Waals surface area contributed by atoms with Crippen molar-refractivity contribution < 1.29 is 24.2 Å². The van der Waals surface area contributed by atoms with Crippen LogP contribution in [-0.2, 0) is 14.3 Å². The van der Waals surface area contributed by atoms with Gasteiger partial charge in [0.1, 0.15) is 11.6 Å². The molecule has 3 aromatic rings. The molecule has 0 radical (unpaired) electrons. The molecule has 178 valence electrons. The number of carboxylic acid groups (broad SMARTS) is 1. The van der Waals surface area contributed by atoms with Crippen molar-refractivity contribution in [1.82, 2.24) is 19.9 Å². The molecule has 0 aliphatic carbocycles. The lowest BCUT2D eigenvalue weighted by Crippen LogP contribution is -2.42. The molecule has 4 rings (SSSR count). The number of hydrogen-bond acceptors (Lipinski definition) is 6. The number of aromatic carboxylic acids is 1. The zero-order valence-corrected chi connectivity index (χ0v) is 18.6. The molecule has 1 aliphatic heterocycles. The Bertz CT molecular complexity index is 1170. The fraction of sp³-hybridized carbons (Fsp3) is 0.261. The number of pyridine rings is 1. The van der Waals surface area contributed by atoms with Crippen LogP contribution < -0.4 is 10.9 Å². The number of aromatic nitrogens is 3. The number of benzene rings is 1. The molecule has 1 saturated heterocycles. The molecule has 2 amide bonds. The number of rotatable bonds is 5. The smallest absolute Gasteiger partial charge is 0.341 e. The lowest BCUT2D eigenvalue weighted by molar-refractivity contribution is -0.134. The number of amides is 2. The fourth-order valence-corrected chi connectivity index (χ4v) is 3.55. The molecule has 2 atom stereocenters. The van der Waals surface area contributed by atoms with Gasteiger partial charge in [0, 0.05) is 50.8 Å². The van der Waals surface area contributed by atoms with E-state index < -0.39 is 17.6 Å². The highest BCUT2D eigenvalue weighted by Crippen LogP contribution is 2.23. The van der Waals surface area contributed by atoms with Crippen LogP contribution >= 0.6 is 0 Å². The zero-order chi connectivity index (χ0) is 24.7. The average molecular weight is 467 g/mol. The van der Waals surface area contributed by atoms with Gasteiger partial charge in [-0.15, -0.1) is 0 Å². The van der Waals surface area contributed by atoms with Crippen LogP contribution in [0.1, 0.15) is 23.7 Å². The number of methoxy groups -OCH3 is 1. The van der Waals surface area contributed by atoms with Gasteiger partial charge in [-0.1, -0.05) is 12.1 Å². The Balaban J connectivity index is 0.000000574. The van der Waals surface area contributed by atoms with Crippen LogP contribution in [0.2, 0.25) is 0 Å². The van der Waals surface area contributed by atoms with E-state index in [0.29, 0.717) is 29.9 Å². The number of anilines is 1. The number of carboxylic acids is 1. The molecule has 1 fully saturated rings. The molecule has 1 aliphatic rings. The molecule has 2 aromatic heterocycles. The van der Waals surface area contributed by atoms with Crippen LogP contribution in [0.15, 0.2) is 59.9 Å². The number of imidazole rings is 1. The number of ether oxygens (including phenoxy) is 1. The number of likely N-dealkylation sites (tertiary alicyclic amines) is 1. The molecule has 0 saturated carbocycles. The highest BCUT2D eigenvalue weighted by atomic mass is 16.5. The largest absolute Gasteiger partial charge is 0.477 e. The Morgan fingerprint density at radius 2 is 1.91 bits per heavy atom. The molecular formula is C23H25N5O6. The summed E-state index contributed by atoms with van der Waals surface area (Å²) in [5, 5.41) is 11.7. The standard InChI is InChI=1S/C20H21N3O6.C3H4N2/c1-11(24)23-10-14(29-2)9-17(23)19(26)21-13-5-3-12(4-6-13)16-8-7-15(20(27)28)18(25)22-16;1-2-5-3-4-1/h3-8,14,17H,9-10H2,1-2H3,(H,21,26)(H,22,25)(H,27,28);1-3H,(H,4,5)/t14?,17-;/m0./s1. The summed E-state index contributed by atoms with van der Waals surface area (Å²) in [6.07, 6.45) is 5.33. The number of H-pyrrole nitrogens is 2. The van der Waals surface area contributed by atoms with Crippen LogP contribution in [0.25, 0.3) is 11.3 Å². The molecule has 34 heavy (non-hydrogen) atoms. The van der Waals surface area contributed by atoms with Gasteiger partial charge >= 0.3 is 5.97 Å². The van der Waals surface area contributed by atoms with Gasteiger partial charge < -0.3 is 30.0 Å². The Labute approximate surface area is 194 Å². The summed E-state index contributed by atoms with van der Waals surface area (Å²) in [6.45, 7) is 1.80. The monoisotopic (exact) mass is 467 g/mol. The van der Waals surface area contributed by atoms with Crippen molar-refractivity contribution in [2.24, 2.45) is 0 Å². The minimum atomic E-state index is -1.29. The van der Waals surface area contributed by atoms with Crippen LogP contribution in [0.4, 0.5) is 5.69 Å². The molecule has 4 N–H and O–H groups in total. The Morgan fingerprint density at radius 3 is 2.41 bits per heavy atom. The number of nitrogens with zero attached hydrogens (tertiary/aromatic N) is 2. The first-order valence-corrected chi connectivity index (χ1v) is 10.4. The quantitative estimate of drug-likeness (QED) is 0.445. The van der Waals surface area contributed by atoms with Gasteiger partial charge in [-0.25, -0.2) is 9.78 Å². The van der Waals surface area contributed by atoms with Gasteiger partial charge in [0.2, 0.25) is 11.8 Å². The Morgan fingerprint density at radius 1 is 1.18 bits per heavy atom. The molecular weight excluding hydrogens is 442 g/mol. The third kappa shape index (κ3) is 5.95. The Hall–Kier alpha value is -4.25. The van der Waals surface area contributed by atoms with E-state index in [-0.39, 0.29) is 23.5 Å². The number of hydrogen-bond donors (Lipinski definition) is 4. The lowest BCUT2D eigenvalue weighted by atomic mass is 10.1. The second-order valence-corrected chi connectivity index (χ2v) is 7.53. The van der Waals surface area contributed by atoms with Crippen molar-refractivity contribution in [3.8, 4) is 11.3 Å². The van der Waals surface area contributed by atoms with Crippen molar-refractivity contribution >= 4 is 23.5 Å². The number of nitrogens with one attached hydrogen (secondary N) is 3. The van der Waals surface area contributed by atoms with Crippen molar-refractivity contribution in [3.05, 3.63) is 71.0 Å². The summed E-state index contributed by atoms with van der Waals surface area (Å²) >= 11 is 0. The van der Waals surface area contributed by atoms with Crippen molar-refractivity contribution in [1.29, 1.82) is 0 Å². The van der Waals surface area contributed by atoms with Gasteiger partial charge in [0.05, 0.1) is 12.4 Å². The zero-order valence-electron chi connectivity index (χ0n) is 18.6. The maximum absolute atomic E-state index is 12.6. The van der Waals surface area contributed by atoms with E-state index in [1.807, 2.05) is 0 Å². The number of aromatic amines is 2. The van der Waals surface area contributed by atoms with E-state index in [1.54, 1.807) is 50.1 Å². The summed E-state index contributed by atoms with van der Waals surface area (Å²) < 4.78 is 5.28. The average Bonchev–Trinajstić information content (AvgIpc) is 3.52. The third-order valence-corrected chi connectivity index (χ3v) is 5.31. The van der Waals surface area contributed by atoms with Crippen molar-refractivity contribution in [2.45, 2.75) is 25.5 Å². The topological polar surface area (TPSA) is 157 Å². The molecule has 11 heteroatoms. The second-order valence-electron chi connectivity index (χ2n) is 7.53. The maximum atomic E-state index is 12.6. The number of carbonyl (C=O) groups excluding carboxylic acids is 2. The summed E-state index contributed by atoms with van der Waals surface area (Å²) in [5.74, 6) is -1.78. The SMILES string of the molecule is COC1C[C@@H](C(=O)Nc2ccc(-c3ccc(C(=O)O)c(=O)[nH]3)cc2)N(C(C)=O)C1.c1c[nH]cn1. The highest BCUT2D eigenvalue weighted by Gasteiger charge is 2.38. The maximum Gasteiger partial charge on any atom is 0.341 e. The second kappa shape index (κ2) is 11.1. The van der Waals surface area contributed by atoms with E-state index >= 15 is 0 Å². The molecule has 11 nitrogen and oxygen atoms in total. The Kier molecular flexibility index (Phi) is 7.93. The summed E-state index contributed by atoms with van der Waals surface area (Å²) in [6, 6.07) is 8.86. The minimum Gasteiger partial charge on any atom is -0.477 e. The first-order chi connectivity index (χ1) is 16.3. The van der Waals surface area contributed by atoms with E-state index in [0.717, 1.165) is 0 Å². The molecule has 0 spiro atoms. The molecule has 0 bridgehead atoms. The first-order valence-electron chi connectivity index (χ1n) is 10.4. The van der Waals surface area contributed by atoms with Gasteiger partial charge in [-0.05, 0) is 29.8 Å². The van der Waals surface area contributed by atoms with Crippen LogP contribution in [-0.4, -0.2) is 68.5 Å². The van der Waals surface area contributed by atoms with Crippen molar-refractivity contribution in [2.75, 3.05) is 19.0 Å². The van der Waals surface area contributed by atoms with Gasteiger partial charge in [-0.2, -0.15) is 0 Å². The number of carbonyl (C=O) groups is 3. The van der Waals surface area contributed by atoms with E-state index in [1.165, 1.54) is 24.0 Å². The van der Waals surface area contributed by atoms with Crippen molar-refractivity contribution in [3.63, 3.8) is 0 Å². The summed E-state index contributed by atoms with van der Waals surface area (Å²) in [7, 11) is 1.55. The highest BCUT2D eigenvalue weighted by molar-refractivity contribution is 5.97. The minimum absolute atomic E-state index is 0.178. The van der Waals surface area contributed by atoms with Gasteiger partial charge in [-0.3, -0.25) is 14.4 Å². The van der Waals surface area contributed by atoms with Crippen LogP contribution in [0.5, 0.6) is 0 Å². The molecule has 1 unspecified atom stereocenters. The van der Waals surface area contributed by atoms with Gasteiger partial charge in [0.25, 0.3) is 5.56 Å². The van der Waals surface area contributed by atoms with E-state index in [4.69, 9.17) is 9.84 Å². The normalized spacial score (nSPS) is 16.9. The van der Waals surface area contributed by atoms with Crippen LogP contribution in [0, 0.1) is 0 Å². The fourth-order valence-electron chi connectivity index (χ4n) is 3.55. The summed E-state index contributed by atoms with van der Waals surface area (Å²) in [4.78, 5) is 57.6. The van der Waals surface area contributed by atoms with Crippen LogP contribution in [0.3, 0.4) is 0 Å². The predicted octanol–water partition coefficient (Wildman–Crippen LogP) is 1.72. The predicted molar refractivity (Wildman–Crippen MR) is 123 cm³/mol. The molecule has 3 heterocycles. The summed E-state index contributed by atoms with van der Waals surface area (Å²) in [5.41, 5.74) is 0.624. The third-order valence-electron chi connectivity index (χ3n) is 5.31. The lowest BCUT2D eigenvalue weighted by Gasteiger charge is -2.22. The van der Waals surface area contributed by atoms with E-state index in [2.05, 4.69) is 20.3 Å². The van der Waals surface area contributed by atoms with Gasteiger partial charge in [0.15, 0.2) is 0 Å².